The molecule has 2 bridgehead atoms. The monoisotopic (exact) mass is 280 g/mol. The van der Waals surface area contributed by atoms with Gasteiger partial charge in [-0.15, -0.1) is 0 Å². The summed E-state index contributed by atoms with van der Waals surface area (Å²) in [6.45, 7) is 5.84. The van der Waals surface area contributed by atoms with E-state index in [-0.39, 0.29) is 11.7 Å². The van der Waals surface area contributed by atoms with Crippen LogP contribution in [0.25, 0.3) is 0 Å². The van der Waals surface area contributed by atoms with E-state index in [1.165, 1.54) is 21.3 Å². The Kier molecular flexibility index (Phi) is 3.84. The molecule has 0 aromatic rings. The summed E-state index contributed by atoms with van der Waals surface area (Å²) < 4.78 is 15.6. The van der Waals surface area contributed by atoms with Gasteiger partial charge in [-0.05, 0) is 19.3 Å². The van der Waals surface area contributed by atoms with Crippen molar-refractivity contribution < 1.29 is 23.8 Å². The molecule has 0 N–H and O–H groups in total. The molecule has 0 heterocycles. The number of carbonyl (C=O) groups excluding carboxylic acids is 2. The fourth-order valence-corrected chi connectivity index (χ4v) is 3.38. The van der Waals surface area contributed by atoms with Crippen LogP contribution in [0.15, 0.2) is 23.8 Å². The molecule has 0 saturated heterocycles. The number of hydrogen-bond donors (Lipinski definition) is 0. The van der Waals surface area contributed by atoms with Crippen LogP contribution in [0.3, 0.4) is 0 Å². The molecular formula is C15H20O5. The van der Waals surface area contributed by atoms with Crippen LogP contribution in [0.2, 0.25) is 0 Å². The summed E-state index contributed by atoms with van der Waals surface area (Å²) in [5, 5.41) is 0. The van der Waals surface area contributed by atoms with Crippen molar-refractivity contribution in [2.24, 2.45) is 17.8 Å². The third kappa shape index (κ3) is 1.84. The summed E-state index contributed by atoms with van der Waals surface area (Å²) in [7, 11) is 4.17. The van der Waals surface area contributed by atoms with Crippen molar-refractivity contribution in [1.29, 1.82) is 0 Å². The first-order chi connectivity index (χ1) is 9.42. The molecule has 5 heteroatoms. The van der Waals surface area contributed by atoms with Gasteiger partial charge in [-0.2, -0.15) is 0 Å². The highest BCUT2D eigenvalue weighted by atomic mass is 16.7. The van der Waals surface area contributed by atoms with E-state index in [4.69, 9.17) is 14.2 Å². The maximum Gasteiger partial charge on any atom is 0.333 e. The molecule has 5 nitrogen and oxygen atoms in total. The second kappa shape index (κ2) is 5.14. The van der Waals surface area contributed by atoms with Crippen molar-refractivity contribution in [3.05, 3.63) is 23.8 Å². The van der Waals surface area contributed by atoms with Crippen LogP contribution in [0.5, 0.6) is 0 Å². The van der Waals surface area contributed by atoms with Gasteiger partial charge in [0.15, 0.2) is 5.78 Å². The number of rotatable bonds is 4. The van der Waals surface area contributed by atoms with Crippen molar-refractivity contribution in [2.45, 2.75) is 19.1 Å². The summed E-state index contributed by atoms with van der Waals surface area (Å²) in [5.74, 6) is -2.89. The van der Waals surface area contributed by atoms with Gasteiger partial charge in [-0.3, -0.25) is 4.79 Å². The lowest BCUT2D eigenvalue weighted by Crippen LogP contribution is -2.61. The minimum Gasteiger partial charge on any atom is -0.466 e. The molecule has 3 aliphatic rings. The second-order valence-corrected chi connectivity index (χ2v) is 5.32. The topological polar surface area (TPSA) is 61.8 Å². The maximum atomic E-state index is 12.7. The van der Waals surface area contributed by atoms with E-state index < -0.39 is 23.6 Å². The van der Waals surface area contributed by atoms with Crippen LogP contribution < -0.4 is 0 Å². The summed E-state index contributed by atoms with van der Waals surface area (Å²) >= 11 is 0. The molecular weight excluding hydrogens is 260 g/mol. The molecule has 3 rings (SSSR count). The Morgan fingerprint density at radius 3 is 2.40 bits per heavy atom. The van der Waals surface area contributed by atoms with E-state index in [1.807, 2.05) is 6.92 Å². The van der Waals surface area contributed by atoms with Crippen LogP contribution >= 0.6 is 0 Å². The van der Waals surface area contributed by atoms with Crippen LogP contribution in [0.4, 0.5) is 0 Å². The molecule has 0 spiro atoms. The van der Waals surface area contributed by atoms with Crippen molar-refractivity contribution >= 4 is 11.8 Å². The zero-order valence-corrected chi connectivity index (χ0v) is 12.3. The Hall–Kier alpha value is -1.46. The Morgan fingerprint density at radius 1 is 1.35 bits per heavy atom. The highest BCUT2D eigenvalue weighted by Gasteiger charge is 2.61. The van der Waals surface area contributed by atoms with E-state index in [2.05, 4.69) is 6.58 Å². The average Bonchev–Trinajstić information content (AvgIpc) is 2.47. The number of carbonyl (C=O) groups is 2. The molecule has 0 aliphatic heterocycles. The molecule has 0 amide bonds. The number of ketones is 1. The van der Waals surface area contributed by atoms with Gasteiger partial charge in [0.05, 0.1) is 13.0 Å². The zero-order chi connectivity index (χ0) is 15.1. The number of methoxy groups -OCH3 is 3. The first-order valence-electron chi connectivity index (χ1n) is 6.53. The molecule has 3 atom stereocenters. The average molecular weight is 280 g/mol. The molecule has 1 saturated carbocycles. The van der Waals surface area contributed by atoms with Gasteiger partial charge < -0.3 is 14.2 Å². The van der Waals surface area contributed by atoms with E-state index in [0.29, 0.717) is 12.0 Å². The van der Waals surface area contributed by atoms with Gasteiger partial charge in [0, 0.05) is 25.7 Å². The smallest absolute Gasteiger partial charge is 0.333 e. The minimum atomic E-state index is -1.39. The molecule has 3 aliphatic carbocycles. The second-order valence-electron chi connectivity index (χ2n) is 5.32. The number of hydrogen-bond acceptors (Lipinski definition) is 5. The predicted octanol–water partition coefficient (Wildman–Crippen LogP) is 1.49. The molecule has 0 radical (unpaired) electrons. The normalized spacial score (nSPS) is 30.9. The largest absolute Gasteiger partial charge is 0.466 e. The third-order valence-corrected chi connectivity index (χ3v) is 4.42. The van der Waals surface area contributed by atoms with Crippen molar-refractivity contribution in [1.82, 2.24) is 0 Å². The van der Waals surface area contributed by atoms with Gasteiger partial charge >= 0.3 is 5.97 Å². The van der Waals surface area contributed by atoms with E-state index in [1.54, 1.807) is 6.08 Å². The lowest BCUT2D eigenvalue weighted by atomic mass is 9.60. The molecule has 20 heavy (non-hydrogen) atoms. The molecule has 0 aromatic carbocycles. The Bertz CT molecular complexity index is 486. The minimum absolute atomic E-state index is 0.0133. The Labute approximate surface area is 118 Å². The first-order valence-corrected chi connectivity index (χ1v) is 6.53. The fraction of sp³-hybridized carbons (Fsp3) is 0.600. The van der Waals surface area contributed by atoms with E-state index >= 15 is 0 Å². The number of ether oxygens (including phenoxy) is 3. The number of fused-ring (bicyclic) bond motifs is 2. The van der Waals surface area contributed by atoms with Gasteiger partial charge in [0.2, 0.25) is 5.79 Å². The van der Waals surface area contributed by atoms with Gasteiger partial charge in [0.25, 0.3) is 0 Å². The molecule has 1 fully saturated rings. The van der Waals surface area contributed by atoms with E-state index in [0.717, 1.165) is 5.57 Å². The highest BCUT2D eigenvalue weighted by Crippen LogP contribution is 2.51. The van der Waals surface area contributed by atoms with Gasteiger partial charge in [-0.25, -0.2) is 4.79 Å². The van der Waals surface area contributed by atoms with Crippen LogP contribution in [-0.4, -0.2) is 38.9 Å². The molecule has 0 unspecified atom stereocenters. The lowest BCUT2D eigenvalue weighted by Gasteiger charge is -2.50. The van der Waals surface area contributed by atoms with Crippen LogP contribution in [0.1, 0.15) is 13.3 Å². The highest BCUT2D eigenvalue weighted by molar-refractivity contribution is 6.00. The van der Waals surface area contributed by atoms with Crippen molar-refractivity contribution in [3.8, 4) is 0 Å². The standard InChI is InChI=1S/C15H20O5/c1-8(2)9-7-12-11(14(17)18-3)6-10(9)13(16)15(12,19-4)20-5/h6,9-10,12H,1,7H2,2-5H3/t9-,10-,12-/m1/s1. The summed E-state index contributed by atoms with van der Waals surface area (Å²) in [4.78, 5) is 24.6. The predicted molar refractivity (Wildman–Crippen MR) is 71.8 cm³/mol. The quantitative estimate of drug-likeness (QED) is 0.443. The first kappa shape index (κ1) is 14.9. The zero-order valence-electron chi connectivity index (χ0n) is 12.3. The Morgan fingerprint density at radius 2 is 1.95 bits per heavy atom. The summed E-state index contributed by atoms with van der Waals surface area (Å²) in [6.07, 6.45) is 2.28. The van der Waals surface area contributed by atoms with Crippen LogP contribution in [-0.2, 0) is 23.8 Å². The summed E-state index contributed by atoms with van der Waals surface area (Å²) in [6, 6.07) is 0. The Balaban J connectivity index is 2.54. The van der Waals surface area contributed by atoms with E-state index in [9.17, 15) is 9.59 Å². The third-order valence-electron chi connectivity index (χ3n) is 4.42. The van der Waals surface area contributed by atoms with Gasteiger partial charge in [0.1, 0.15) is 0 Å². The SMILES string of the molecule is C=C(C)[C@H]1C[C@@H]2C(C(=O)OC)=C[C@H]1C(=O)C2(OC)OC. The maximum absolute atomic E-state index is 12.7. The van der Waals surface area contributed by atoms with Gasteiger partial charge in [-0.1, -0.05) is 18.2 Å². The van der Waals surface area contributed by atoms with Crippen molar-refractivity contribution in [2.75, 3.05) is 21.3 Å². The summed E-state index contributed by atoms with van der Waals surface area (Å²) in [5.41, 5.74) is 1.38. The number of esters is 1. The lowest BCUT2D eigenvalue weighted by molar-refractivity contribution is -0.241. The molecule has 0 aromatic heterocycles. The molecule has 110 valence electrons. The van der Waals surface area contributed by atoms with Crippen molar-refractivity contribution in [3.63, 3.8) is 0 Å². The number of allylic oxidation sites excluding steroid dienone is 2. The fourth-order valence-electron chi connectivity index (χ4n) is 3.38. The number of Topliss-reactive ketones (excluding diaryl/α,β-unsaturated/α-hetero) is 1. The van der Waals surface area contributed by atoms with Crippen LogP contribution in [0, 0.1) is 17.8 Å².